The van der Waals surface area contributed by atoms with E-state index in [0.29, 0.717) is 0 Å². The van der Waals surface area contributed by atoms with Crippen molar-refractivity contribution in [2.24, 2.45) is 0 Å². The fourth-order valence-electron chi connectivity index (χ4n) is 0. The Morgan fingerprint density at radius 1 is 0.500 bits per heavy atom. The third kappa shape index (κ3) is 73.2. The maximum atomic E-state index is 0. The molecule has 0 bridgehead atoms. The second kappa shape index (κ2) is 105. The van der Waals surface area contributed by atoms with Crippen LogP contribution in [0.25, 0.3) is 0 Å². The molecule has 0 atom stereocenters. The summed E-state index contributed by atoms with van der Waals surface area (Å²) in [6, 6.07) is 0. The maximum absolute atomic E-state index is 0. The molecule has 0 aromatic carbocycles. The van der Waals surface area contributed by atoms with Gasteiger partial charge in [0.1, 0.15) is 0 Å². The van der Waals surface area contributed by atoms with E-state index in [-0.39, 0.29) is 127 Å². The normalized spacial score (nSPS) is 0. The van der Waals surface area contributed by atoms with E-state index < -0.39 is 0 Å². The van der Waals surface area contributed by atoms with E-state index in [1.54, 1.807) is 0 Å². The predicted molar refractivity (Wildman–Crippen MR) is 31.3 cm³/mol. The van der Waals surface area contributed by atoms with E-state index in [2.05, 4.69) is 0 Å². The predicted octanol–water partition coefficient (Wildman–Crippen LogP) is -8.75. The van der Waals surface area contributed by atoms with Crippen LogP contribution in [0.4, 0.5) is 0 Å². The Kier molecular flexibility index (Phi) is 1880. The first-order valence-corrected chi connectivity index (χ1v) is 0. The van der Waals surface area contributed by atoms with Gasteiger partial charge in [0.05, 0.1) is 0 Å². The first-order valence-electron chi connectivity index (χ1n) is 0. The van der Waals surface area contributed by atoms with Gasteiger partial charge in [0.25, 0.3) is 0 Å². The van der Waals surface area contributed by atoms with Crippen molar-refractivity contribution in [2.75, 3.05) is 0 Å². The van der Waals surface area contributed by atoms with Crippen LogP contribution in [0.2, 0.25) is 0 Å². The minimum absolute atomic E-state index is 0. The molecule has 0 spiro atoms. The van der Waals surface area contributed by atoms with E-state index in [1.807, 2.05) is 0 Å². The molecule has 0 amide bonds. The molecule has 8 heteroatoms. The summed E-state index contributed by atoms with van der Waals surface area (Å²) < 4.78 is 0. The monoisotopic (exact) mass is 364 g/mol. The molecule has 0 saturated heterocycles. The molecule has 56 valence electrons. The fraction of sp³-hybridized carbons (Fsp3) is 0. The van der Waals surface area contributed by atoms with Gasteiger partial charge in [-0.25, -0.2) is 0 Å². The summed E-state index contributed by atoms with van der Waals surface area (Å²) >= 11 is 0. The molecule has 0 aromatic rings. The Morgan fingerprint density at radius 3 is 0.500 bits per heavy atom. The van der Waals surface area contributed by atoms with Crippen LogP contribution >= 0.6 is 0 Å². The van der Waals surface area contributed by atoms with Crippen molar-refractivity contribution in [1.82, 2.24) is 0 Å². The molecule has 0 aliphatic rings. The second-order valence-electron chi connectivity index (χ2n) is 0. The first-order chi connectivity index (χ1) is 0. The van der Waals surface area contributed by atoms with E-state index in [9.17, 15) is 0 Å². The van der Waals surface area contributed by atoms with Crippen LogP contribution in [0, 0.1) is 0 Å². The molecule has 0 rings (SSSR count). The van der Waals surface area contributed by atoms with Gasteiger partial charge in [0.2, 0.25) is 0 Å². The van der Waals surface area contributed by atoms with Crippen LogP contribution in [-0.2, 0) is 0 Å². The molecule has 0 aliphatic heterocycles. The third-order valence-corrected chi connectivity index (χ3v) is 0. The van der Waals surface area contributed by atoms with Gasteiger partial charge in [-0.3, -0.25) is 0 Å². The Hall–Kier alpha value is 2.61. The average molecular weight is 363 g/mol. The Bertz CT molecular complexity index is 13.0. The van der Waals surface area contributed by atoms with Crippen molar-refractivity contribution in [2.45, 2.75) is 0 Å². The molecular formula is H15CsO6Sn. The molecular weight excluding hydrogens is 348 g/mol. The topological polar surface area (TPSA) is 189 Å². The summed E-state index contributed by atoms with van der Waals surface area (Å²) in [5, 5.41) is 0. The SMILES string of the molecule is O.O.O.O.O.O.[Cs+].[H-].[SnH2]. The van der Waals surface area contributed by atoms with Crippen molar-refractivity contribution in [3.05, 3.63) is 0 Å². The van der Waals surface area contributed by atoms with Gasteiger partial charge < -0.3 is 34.3 Å². The zero-order valence-electron chi connectivity index (χ0n) is 5.71. The van der Waals surface area contributed by atoms with Gasteiger partial charge in [0.15, 0.2) is 0 Å². The molecule has 0 heterocycles. The minimum atomic E-state index is 0. The molecule has 12 N–H and O–H groups in total. The zero-order valence-corrected chi connectivity index (χ0v) is 15.0. The Labute approximate surface area is 124 Å². The van der Waals surface area contributed by atoms with Crippen LogP contribution in [0.3, 0.4) is 0 Å². The molecule has 0 aromatic heterocycles. The van der Waals surface area contributed by atoms with E-state index in [0.717, 1.165) is 0 Å². The summed E-state index contributed by atoms with van der Waals surface area (Å²) in [4.78, 5) is 0. The Balaban J connectivity index is 0. The molecule has 0 aliphatic carbocycles. The van der Waals surface area contributed by atoms with Crippen molar-refractivity contribution in [3.8, 4) is 0 Å². The van der Waals surface area contributed by atoms with Gasteiger partial charge in [-0.05, 0) is 0 Å². The zero-order chi connectivity index (χ0) is 0. The van der Waals surface area contributed by atoms with Crippen molar-refractivity contribution in [3.63, 3.8) is 0 Å². The van der Waals surface area contributed by atoms with Gasteiger partial charge in [-0.1, -0.05) is 0 Å². The molecule has 2 radical (unpaired) electrons. The van der Waals surface area contributed by atoms with Gasteiger partial charge in [-0.15, -0.1) is 0 Å². The molecule has 8 heavy (non-hydrogen) atoms. The molecule has 0 unspecified atom stereocenters. The van der Waals surface area contributed by atoms with E-state index in [4.69, 9.17) is 0 Å². The molecule has 0 saturated carbocycles. The number of rotatable bonds is 0. The standard InChI is InChI=1S/Cs.6H2O.Sn.3H/h;6*1H2;;;;/q+1;;;;;;;;;;-1. The van der Waals surface area contributed by atoms with E-state index >= 15 is 0 Å². The van der Waals surface area contributed by atoms with Gasteiger partial charge in [-0.2, -0.15) is 0 Å². The summed E-state index contributed by atoms with van der Waals surface area (Å²) in [5.74, 6) is 0. The van der Waals surface area contributed by atoms with Gasteiger partial charge in [0, 0.05) is 0 Å². The van der Waals surface area contributed by atoms with Crippen LogP contribution < -0.4 is 68.9 Å². The number of hydrogen-bond acceptors (Lipinski definition) is 0. The first kappa shape index (κ1) is 144. The quantitative estimate of drug-likeness (QED) is 0.370. The van der Waals surface area contributed by atoms with Gasteiger partial charge >= 0.3 is 92.8 Å². The number of hydrogen-bond donors (Lipinski definition) is 0. The average Bonchev–Trinajstić information content (AvgIpc) is 0. The van der Waals surface area contributed by atoms with E-state index in [1.165, 1.54) is 0 Å². The van der Waals surface area contributed by atoms with Crippen molar-refractivity contribution < 1.29 is 103 Å². The third-order valence-electron chi connectivity index (χ3n) is 0. The van der Waals surface area contributed by atoms with Crippen LogP contribution in [-0.4, -0.2) is 56.8 Å². The van der Waals surface area contributed by atoms with Crippen LogP contribution in [0.15, 0.2) is 0 Å². The van der Waals surface area contributed by atoms with Crippen molar-refractivity contribution >= 4 is 23.9 Å². The summed E-state index contributed by atoms with van der Waals surface area (Å²) in [5.41, 5.74) is 0. The summed E-state index contributed by atoms with van der Waals surface area (Å²) in [7, 11) is 0. The van der Waals surface area contributed by atoms with Crippen LogP contribution in [0.1, 0.15) is 1.43 Å². The van der Waals surface area contributed by atoms with Crippen molar-refractivity contribution in [1.29, 1.82) is 0 Å². The fourth-order valence-corrected chi connectivity index (χ4v) is 0. The van der Waals surface area contributed by atoms with Crippen LogP contribution in [0.5, 0.6) is 0 Å². The molecule has 6 nitrogen and oxygen atoms in total. The second-order valence-corrected chi connectivity index (χ2v) is 0. The molecule has 0 fully saturated rings. The summed E-state index contributed by atoms with van der Waals surface area (Å²) in [6.45, 7) is 0. The Morgan fingerprint density at radius 2 is 0.500 bits per heavy atom. The summed E-state index contributed by atoms with van der Waals surface area (Å²) in [6.07, 6.45) is 0.